The van der Waals surface area contributed by atoms with E-state index in [1.807, 2.05) is 0 Å². The van der Waals surface area contributed by atoms with Crippen LogP contribution >= 0.6 is 0 Å². The van der Waals surface area contributed by atoms with E-state index in [0.717, 1.165) is 34.1 Å². The zero-order chi connectivity index (χ0) is 50.7. The van der Waals surface area contributed by atoms with Gasteiger partial charge in [0.15, 0.2) is 0 Å². The number of rotatable bonds is 9. The minimum Gasteiger partial charge on any atom is -0.310 e. The van der Waals surface area contributed by atoms with E-state index >= 15 is 0 Å². The summed E-state index contributed by atoms with van der Waals surface area (Å²) in [5.74, 6) is 0. The van der Waals surface area contributed by atoms with E-state index < -0.39 is 0 Å². The maximum absolute atomic E-state index is 2.51. The zero-order valence-corrected chi connectivity index (χ0v) is 42.5. The largest absolute Gasteiger partial charge is 0.310 e. The summed E-state index contributed by atoms with van der Waals surface area (Å²) in [4.78, 5) is 4.87. The molecule has 0 amide bonds. The minimum atomic E-state index is 1.08. The third-order valence-corrected chi connectivity index (χ3v) is 15.4. The topological polar surface area (TPSA) is 6.48 Å². The molecule has 0 spiro atoms. The van der Waals surface area contributed by atoms with Crippen LogP contribution in [0.5, 0.6) is 0 Å². The van der Waals surface area contributed by atoms with Crippen molar-refractivity contribution >= 4 is 98.8 Å². The fourth-order valence-corrected chi connectivity index (χ4v) is 12.0. The first kappa shape index (κ1) is 44.9. The number of nitrogens with zero attached hydrogens (tertiary/aromatic N) is 2. The lowest BCUT2D eigenvalue weighted by atomic mass is 9.84. The average molecular weight is 969 g/mol. The first-order chi connectivity index (χ1) is 37.5. The van der Waals surface area contributed by atoms with Crippen molar-refractivity contribution < 1.29 is 0 Å². The van der Waals surface area contributed by atoms with Gasteiger partial charge in [-0.3, -0.25) is 0 Å². The number of aryl methyl sites for hydroxylation is 2. The van der Waals surface area contributed by atoms with Crippen molar-refractivity contribution in [1.29, 1.82) is 0 Å². The molecule has 0 saturated carbocycles. The molecule has 0 unspecified atom stereocenters. The van der Waals surface area contributed by atoms with Gasteiger partial charge in [0.2, 0.25) is 0 Å². The van der Waals surface area contributed by atoms with E-state index in [0.29, 0.717) is 0 Å². The van der Waals surface area contributed by atoms with Gasteiger partial charge in [-0.15, -0.1) is 0 Å². The van der Waals surface area contributed by atoms with Gasteiger partial charge >= 0.3 is 0 Å². The first-order valence-corrected chi connectivity index (χ1v) is 26.3. The van der Waals surface area contributed by atoms with Crippen LogP contribution in [0.15, 0.2) is 279 Å². The van der Waals surface area contributed by atoms with E-state index in [4.69, 9.17) is 0 Å². The molecule has 76 heavy (non-hydrogen) atoms. The van der Waals surface area contributed by atoms with Crippen LogP contribution in [0.2, 0.25) is 0 Å². The summed E-state index contributed by atoms with van der Waals surface area (Å²) >= 11 is 0. The molecule has 0 aliphatic heterocycles. The summed E-state index contributed by atoms with van der Waals surface area (Å²) in [6.07, 6.45) is 0. The van der Waals surface area contributed by atoms with Gasteiger partial charge in [-0.05, 0) is 185 Å². The molecule has 14 aromatic carbocycles. The van der Waals surface area contributed by atoms with Crippen LogP contribution in [-0.2, 0) is 0 Å². The first-order valence-electron chi connectivity index (χ1n) is 26.3. The second kappa shape index (κ2) is 18.6. The second-order valence-corrected chi connectivity index (χ2v) is 20.2. The Labute approximate surface area is 443 Å². The SMILES string of the molecule is Cc1cccc(N(c2ccc(-c3c4ccccc4c(N(c4ccccc4)c4ccc5c(-c6ccc7ccccc7c6)c6ccccc6c(-c6ccc7ccccc7c6)c5c4)c4ccccc34)cc2)c2cccc(C)c2)c1. The monoisotopic (exact) mass is 968 g/mol. The zero-order valence-electron chi connectivity index (χ0n) is 42.5. The van der Waals surface area contributed by atoms with Gasteiger partial charge in [0.05, 0.1) is 5.69 Å². The summed E-state index contributed by atoms with van der Waals surface area (Å²) in [5, 5.41) is 14.5. The Morgan fingerprint density at radius 3 is 1.11 bits per heavy atom. The summed E-state index contributed by atoms with van der Waals surface area (Å²) in [7, 11) is 0. The highest BCUT2D eigenvalue weighted by molar-refractivity contribution is 6.25. The Morgan fingerprint density at radius 2 is 0.579 bits per heavy atom. The number of hydrogen-bond acceptors (Lipinski definition) is 2. The molecule has 0 radical (unpaired) electrons. The molecule has 0 aliphatic carbocycles. The molecule has 14 aromatic rings. The number of hydrogen-bond donors (Lipinski definition) is 0. The molecule has 2 nitrogen and oxygen atoms in total. The number of anilines is 6. The molecule has 0 N–H and O–H groups in total. The molecule has 0 heterocycles. The van der Waals surface area contributed by atoms with Crippen molar-refractivity contribution in [3.8, 4) is 33.4 Å². The van der Waals surface area contributed by atoms with E-state index in [2.05, 4.69) is 303 Å². The quantitative estimate of drug-likeness (QED) is 0.133. The Hall–Kier alpha value is -9.76. The van der Waals surface area contributed by atoms with E-state index in [9.17, 15) is 0 Å². The molecule has 0 atom stereocenters. The van der Waals surface area contributed by atoms with Crippen molar-refractivity contribution in [2.24, 2.45) is 0 Å². The summed E-state index contributed by atoms with van der Waals surface area (Å²) in [6, 6.07) is 103. The fraction of sp³-hybridized carbons (Fsp3) is 0.0270. The lowest BCUT2D eigenvalue weighted by Crippen LogP contribution is -2.12. The predicted molar refractivity (Wildman–Crippen MR) is 327 cm³/mol. The van der Waals surface area contributed by atoms with E-state index in [1.54, 1.807) is 0 Å². The van der Waals surface area contributed by atoms with Gasteiger partial charge in [0.1, 0.15) is 0 Å². The lowest BCUT2D eigenvalue weighted by molar-refractivity contribution is 1.26. The van der Waals surface area contributed by atoms with Crippen LogP contribution in [0.25, 0.3) is 98.0 Å². The third-order valence-electron chi connectivity index (χ3n) is 15.4. The van der Waals surface area contributed by atoms with Gasteiger partial charge in [0.25, 0.3) is 0 Å². The van der Waals surface area contributed by atoms with Gasteiger partial charge in [-0.25, -0.2) is 0 Å². The molecule has 2 heteroatoms. The molecule has 0 fully saturated rings. The van der Waals surface area contributed by atoms with Gasteiger partial charge in [0, 0.05) is 39.2 Å². The predicted octanol–water partition coefficient (Wildman–Crippen LogP) is 21.2. The normalized spacial score (nSPS) is 11.6. The molecular weight excluding hydrogens is 917 g/mol. The number of benzene rings is 14. The van der Waals surface area contributed by atoms with Crippen molar-refractivity contribution in [3.63, 3.8) is 0 Å². The smallest absolute Gasteiger partial charge is 0.0618 e. The Balaban J connectivity index is 1.01. The van der Waals surface area contributed by atoms with Gasteiger partial charge < -0.3 is 9.80 Å². The second-order valence-electron chi connectivity index (χ2n) is 20.2. The summed E-state index contributed by atoms with van der Waals surface area (Å²) in [6.45, 7) is 4.32. The van der Waals surface area contributed by atoms with Crippen LogP contribution in [0, 0.1) is 13.8 Å². The molecular formula is C74H52N2. The van der Waals surface area contributed by atoms with E-state index in [-0.39, 0.29) is 0 Å². The van der Waals surface area contributed by atoms with Gasteiger partial charge in [-0.1, -0.05) is 206 Å². The summed E-state index contributed by atoms with van der Waals surface area (Å²) in [5.41, 5.74) is 16.4. The highest BCUT2D eigenvalue weighted by Crippen LogP contribution is 2.51. The van der Waals surface area contributed by atoms with Gasteiger partial charge in [-0.2, -0.15) is 0 Å². The Kier molecular flexibility index (Phi) is 11.0. The van der Waals surface area contributed by atoms with Crippen LogP contribution in [0.1, 0.15) is 11.1 Å². The Morgan fingerprint density at radius 1 is 0.211 bits per heavy atom. The molecule has 14 rings (SSSR count). The third kappa shape index (κ3) is 7.74. The van der Waals surface area contributed by atoms with Crippen molar-refractivity contribution in [1.82, 2.24) is 0 Å². The van der Waals surface area contributed by atoms with Crippen molar-refractivity contribution in [2.75, 3.05) is 9.80 Å². The summed E-state index contributed by atoms with van der Waals surface area (Å²) < 4.78 is 0. The van der Waals surface area contributed by atoms with Crippen LogP contribution in [0.3, 0.4) is 0 Å². The van der Waals surface area contributed by atoms with Crippen molar-refractivity contribution in [3.05, 3.63) is 290 Å². The standard InChI is InChI=1S/C74H52N2/c1-49-18-16-26-60(44-49)75(61-27-17-19-50(2)45-61)59-40-38-53(39-41-59)71-65-30-12-14-32-68(65)74(69-33-15-13-31-66(69)71)76(58-24-4-3-5-25-58)62-42-43-67-70(48-62)73(57-37-35-52-21-7-9-23-55(52)47-57)64-29-11-10-28-63(64)72(67)56-36-34-51-20-6-8-22-54(51)46-56/h3-48H,1-2H3. The van der Waals surface area contributed by atoms with Crippen molar-refractivity contribution in [2.45, 2.75) is 13.8 Å². The van der Waals surface area contributed by atoms with Crippen LogP contribution in [-0.4, -0.2) is 0 Å². The molecule has 358 valence electrons. The maximum Gasteiger partial charge on any atom is 0.0618 e. The number of fused-ring (bicyclic) bond motifs is 6. The highest BCUT2D eigenvalue weighted by Gasteiger charge is 2.25. The fourth-order valence-electron chi connectivity index (χ4n) is 12.0. The van der Waals surface area contributed by atoms with Crippen LogP contribution < -0.4 is 9.80 Å². The van der Waals surface area contributed by atoms with Crippen LogP contribution in [0.4, 0.5) is 34.1 Å². The minimum absolute atomic E-state index is 1.08. The average Bonchev–Trinajstić information content (AvgIpc) is 3.52. The Bertz CT molecular complexity index is 4450. The molecule has 0 bridgehead atoms. The van der Waals surface area contributed by atoms with E-state index in [1.165, 1.54) is 109 Å². The molecule has 0 aromatic heterocycles. The maximum atomic E-state index is 2.51. The highest BCUT2D eigenvalue weighted by atomic mass is 15.1. The lowest BCUT2D eigenvalue weighted by Gasteiger charge is -2.30. The molecule has 0 saturated heterocycles. The molecule has 0 aliphatic rings. The number of para-hydroxylation sites is 1.